The van der Waals surface area contributed by atoms with Gasteiger partial charge in [-0.25, -0.2) is 0 Å². The van der Waals surface area contributed by atoms with Gasteiger partial charge in [0.15, 0.2) is 0 Å². The zero-order valence-electron chi connectivity index (χ0n) is 14.1. The van der Waals surface area contributed by atoms with E-state index in [0.717, 1.165) is 16.8 Å². The van der Waals surface area contributed by atoms with E-state index in [1.807, 2.05) is 36.6 Å². The molecule has 0 aliphatic carbocycles. The van der Waals surface area contributed by atoms with Gasteiger partial charge in [0, 0.05) is 16.4 Å². The van der Waals surface area contributed by atoms with Crippen LogP contribution in [0.5, 0.6) is 0 Å². The topological polar surface area (TPSA) is 58.2 Å². The molecule has 0 radical (unpaired) electrons. The Kier molecular flexibility index (Phi) is 5.71. The van der Waals surface area contributed by atoms with Crippen LogP contribution in [0.3, 0.4) is 0 Å². The van der Waals surface area contributed by atoms with Crippen molar-refractivity contribution in [3.63, 3.8) is 0 Å². The smallest absolute Gasteiger partial charge is 0.265 e. The van der Waals surface area contributed by atoms with Gasteiger partial charge in [-0.1, -0.05) is 29.8 Å². The third kappa shape index (κ3) is 4.71. The van der Waals surface area contributed by atoms with Gasteiger partial charge in [0.25, 0.3) is 5.91 Å². The number of carbonyl (C=O) groups excluding carboxylic acids is 2. The van der Waals surface area contributed by atoms with E-state index < -0.39 is 0 Å². The van der Waals surface area contributed by atoms with Crippen LogP contribution in [0.4, 0.5) is 11.4 Å². The van der Waals surface area contributed by atoms with E-state index >= 15 is 0 Å². The summed E-state index contributed by atoms with van der Waals surface area (Å²) in [6, 6.07) is 16.2. The Labute approximate surface area is 160 Å². The van der Waals surface area contributed by atoms with Crippen LogP contribution in [-0.4, -0.2) is 11.8 Å². The minimum absolute atomic E-state index is 0.109. The summed E-state index contributed by atoms with van der Waals surface area (Å²) in [7, 11) is 0. The van der Waals surface area contributed by atoms with Crippen molar-refractivity contribution >= 4 is 46.1 Å². The molecule has 0 fully saturated rings. The maximum atomic E-state index is 12.2. The second-order valence-corrected chi connectivity index (χ2v) is 7.20. The van der Waals surface area contributed by atoms with Gasteiger partial charge in [-0.3, -0.25) is 9.59 Å². The Hall–Kier alpha value is -2.63. The number of thiophene rings is 1. The number of hydrogen-bond acceptors (Lipinski definition) is 3. The average Bonchev–Trinajstić information content (AvgIpc) is 3.14. The molecule has 2 amide bonds. The maximum absolute atomic E-state index is 12.2. The van der Waals surface area contributed by atoms with E-state index in [2.05, 4.69) is 10.6 Å². The first-order valence-corrected chi connectivity index (χ1v) is 9.27. The SMILES string of the molecule is Cc1cc(NC(=O)Cc2ccc(Cl)cc2)ccc1NC(=O)c1cccs1. The van der Waals surface area contributed by atoms with Gasteiger partial charge in [-0.15, -0.1) is 11.3 Å². The van der Waals surface area contributed by atoms with Crippen molar-refractivity contribution in [3.05, 3.63) is 81.0 Å². The molecule has 0 aliphatic heterocycles. The molecule has 132 valence electrons. The van der Waals surface area contributed by atoms with E-state index in [4.69, 9.17) is 11.6 Å². The molecule has 1 aromatic heterocycles. The van der Waals surface area contributed by atoms with Crippen LogP contribution in [0, 0.1) is 6.92 Å². The third-order valence-corrected chi connectivity index (χ3v) is 4.90. The lowest BCUT2D eigenvalue weighted by molar-refractivity contribution is -0.115. The fourth-order valence-corrected chi connectivity index (χ4v) is 3.21. The van der Waals surface area contributed by atoms with E-state index in [0.29, 0.717) is 15.6 Å². The molecular weight excluding hydrogens is 368 g/mol. The standard InChI is InChI=1S/C20H17ClN2O2S/c1-13-11-16(22-19(24)12-14-4-6-15(21)7-5-14)8-9-17(13)23-20(25)18-3-2-10-26-18/h2-11H,12H2,1H3,(H,22,24)(H,23,25). The zero-order chi connectivity index (χ0) is 18.5. The fourth-order valence-electron chi connectivity index (χ4n) is 2.47. The molecule has 6 heteroatoms. The third-order valence-electron chi connectivity index (χ3n) is 3.78. The predicted molar refractivity (Wildman–Crippen MR) is 107 cm³/mol. The largest absolute Gasteiger partial charge is 0.326 e. The molecule has 4 nitrogen and oxygen atoms in total. The molecule has 2 N–H and O–H groups in total. The van der Waals surface area contributed by atoms with Crippen molar-refractivity contribution < 1.29 is 9.59 Å². The molecule has 0 atom stereocenters. The van der Waals surface area contributed by atoms with Crippen LogP contribution < -0.4 is 10.6 Å². The molecule has 0 unspecified atom stereocenters. The second-order valence-electron chi connectivity index (χ2n) is 5.81. The van der Waals surface area contributed by atoms with Crippen molar-refractivity contribution in [2.45, 2.75) is 13.3 Å². The molecular formula is C20H17ClN2O2S. The fraction of sp³-hybridized carbons (Fsp3) is 0.100. The Morgan fingerprint density at radius 2 is 1.81 bits per heavy atom. The van der Waals surface area contributed by atoms with Crippen LogP contribution in [0.15, 0.2) is 60.0 Å². The zero-order valence-corrected chi connectivity index (χ0v) is 15.7. The Morgan fingerprint density at radius 1 is 1.04 bits per heavy atom. The number of benzene rings is 2. The number of hydrogen-bond donors (Lipinski definition) is 2. The van der Waals surface area contributed by atoms with Crippen molar-refractivity contribution in [2.24, 2.45) is 0 Å². The molecule has 0 spiro atoms. The lowest BCUT2D eigenvalue weighted by Gasteiger charge is -2.11. The van der Waals surface area contributed by atoms with Gasteiger partial charge in [-0.05, 0) is 59.8 Å². The van der Waals surface area contributed by atoms with E-state index in [-0.39, 0.29) is 18.2 Å². The number of carbonyl (C=O) groups is 2. The van der Waals surface area contributed by atoms with Gasteiger partial charge < -0.3 is 10.6 Å². The first kappa shape index (κ1) is 18.2. The highest BCUT2D eigenvalue weighted by atomic mass is 35.5. The molecule has 0 bridgehead atoms. The molecule has 26 heavy (non-hydrogen) atoms. The van der Waals surface area contributed by atoms with Crippen LogP contribution in [0.25, 0.3) is 0 Å². The van der Waals surface area contributed by atoms with Crippen molar-refractivity contribution in [3.8, 4) is 0 Å². The lowest BCUT2D eigenvalue weighted by Crippen LogP contribution is -2.15. The summed E-state index contributed by atoms with van der Waals surface area (Å²) >= 11 is 7.24. The van der Waals surface area contributed by atoms with Gasteiger partial charge in [0.2, 0.25) is 5.91 Å². The monoisotopic (exact) mass is 384 g/mol. The van der Waals surface area contributed by atoms with Crippen molar-refractivity contribution in [2.75, 3.05) is 10.6 Å². The van der Waals surface area contributed by atoms with Gasteiger partial charge in [0.1, 0.15) is 0 Å². The quantitative estimate of drug-likeness (QED) is 0.639. The Bertz CT molecular complexity index is 921. The average molecular weight is 385 g/mol. The highest BCUT2D eigenvalue weighted by Crippen LogP contribution is 2.21. The molecule has 0 saturated carbocycles. The number of amides is 2. The highest BCUT2D eigenvalue weighted by molar-refractivity contribution is 7.12. The highest BCUT2D eigenvalue weighted by Gasteiger charge is 2.10. The predicted octanol–water partition coefficient (Wildman–Crippen LogP) is 5.14. The van der Waals surface area contributed by atoms with Crippen LogP contribution in [-0.2, 0) is 11.2 Å². The first-order valence-electron chi connectivity index (χ1n) is 8.01. The van der Waals surface area contributed by atoms with Gasteiger partial charge in [-0.2, -0.15) is 0 Å². The number of aryl methyl sites for hydroxylation is 1. The Balaban J connectivity index is 1.62. The summed E-state index contributed by atoms with van der Waals surface area (Å²) in [6.07, 6.45) is 0.271. The van der Waals surface area contributed by atoms with Gasteiger partial charge >= 0.3 is 0 Å². The summed E-state index contributed by atoms with van der Waals surface area (Å²) in [4.78, 5) is 25.0. The number of nitrogens with one attached hydrogen (secondary N) is 2. The number of rotatable bonds is 5. The van der Waals surface area contributed by atoms with Crippen LogP contribution >= 0.6 is 22.9 Å². The summed E-state index contributed by atoms with van der Waals surface area (Å²) in [6.45, 7) is 1.89. The summed E-state index contributed by atoms with van der Waals surface area (Å²) in [5, 5.41) is 8.26. The summed E-state index contributed by atoms with van der Waals surface area (Å²) in [5.41, 5.74) is 3.18. The van der Waals surface area contributed by atoms with Crippen LogP contribution in [0.1, 0.15) is 20.8 Å². The lowest BCUT2D eigenvalue weighted by atomic mass is 10.1. The second kappa shape index (κ2) is 8.17. The molecule has 2 aromatic carbocycles. The number of anilines is 2. The van der Waals surface area contributed by atoms with E-state index in [1.165, 1.54) is 11.3 Å². The first-order chi connectivity index (χ1) is 12.5. The number of halogens is 1. The summed E-state index contributed by atoms with van der Waals surface area (Å²) < 4.78 is 0. The molecule has 3 aromatic rings. The Morgan fingerprint density at radius 3 is 2.46 bits per heavy atom. The molecule has 1 heterocycles. The van der Waals surface area contributed by atoms with E-state index in [9.17, 15) is 9.59 Å². The van der Waals surface area contributed by atoms with E-state index in [1.54, 1.807) is 30.3 Å². The molecule has 0 saturated heterocycles. The van der Waals surface area contributed by atoms with Crippen LogP contribution in [0.2, 0.25) is 5.02 Å². The van der Waals surface area contributed by atoms with Crippen molar-refractivity contribution in [1.29, 1.82) is 0 Å². The minimum atomic E-state index is -0.136. The minimum Gasteiger partial charge on any atom is -0.326 e. The molecule has 3 rings (SSSR count). The molecule has 0 aliphatic rings. The normalized spacial score (nSPS) is 10.4. The van der Waals surface area contributed by atoms with Crippen molar-refractivity contribution in [1.82, 2.24) is 0 Å². The summed E-state index contributed by atoms with van der Waals surface area (Å²) in [5.74, 6) is -0.246. The maximum Gasteiger partial charge on any atom is 0.265 e. The van der Waals surface area contributed by atoms with Gasteiger partial charge in [0.05, 0.1) is 11.3 Å².